The molecule has 20 rings (SSSR count). The minimum Gasteiger partial charge on any atom is -0.322 e. The number of aromatic nitrogens is 7. The van der Waals surface area contributed by atoms with Crippen LogP contribution in [0.5, 0.6) is 0 Å². The molecule has 640 valence electrons. The van der Waals surface area contributed by atoms with Crippen molar-refractivity contribution in [3.8, 4) is 45.2 Å². The molecular formula is C93H69Cl4N15O12S4. The first kappa shape index (κ1) is 86.2. The molecule has 0 spiro atoms. The Morgan fingerprint density at radius 3 is 1.09 bits per heavy atom. The predicted octanol–water partition coefficient (Wildman–Crippen LogP) is 18.0. The number of nitrogens with one attached hydrogen (secondary N) is 4. The molecule has 4 N–H and O–H groups in total. The van der Waals surface area contributed by atoms with Crippen LogP contribution in [0.25, 0.3) is 88.9 Å². The van der Waals surface area contributed by atoms with Crippen molar-refractivity contribution < 1.29 is 52.8 Å². The van der Waals surface area contributed by atoms with Gasteiger partial charge in [-0.25, -0.2) is 53.6 Å². The quantitative estimate of drug-likeness (QED) is 0.0698. The molecule has 128 heavy (non-hydrogen) atoms. The highest BCUT2D eigenvalue weighted by Crippen LogP contribution is 2.37. The van der Waals surface area contributed by atoms with E-state index in [9.17, 15) is 52.8 Å². The maximum atomic E-state index is 12.8. The van der Waals surface area contributed by atoms with Crippen LogP contribution in [0.3, 0.4) is 0 Å². The van der Waals surface area contributed by atoms with E-state index >= 15 is 0 Å². The minimum atomic E-state index is -3.26. The lowest BCUT2D eigenvalue weighted by Gasteiger charge is -2.32. The highest BCUT2D eigenvalue weighted by Gasteiger charge is 2.37. The predicted molar refractivity (Wildman–Crippen MR) is 504 cm³/mol. The van der Waals surface area contributed by atoms with E-state index in [0.717, 1.165) is 83.1 Å². The Hall–Kier alpha value is -13.9. The Balaban J connectivity index is 0.000000120. The van der Waals surface area contributed by atoms with E-state index in [4.69, 9.17) is 51.4 Å². The number of fused-ring (bicyclic) bond motifs is 4. The largest absolute Gasteiger partial charge is 0.322 e. The molecule has 4 saturated heterocycles. The molecule has 4 aliphatic heterocycles. The van der Waals surface area contributed by atoms with Crippen LogP contribution in [-0.2, 0) is 40.1 Å². The Morgan fingerprint density at radius 2 is 0.656 bits per heavy atom. The molecule has 0 saturated carbocycles. The van der Waals surface area contributed by atoms with Crippen molar-refractivity contribution >= 4 is 199 Å². The summed E-state index contributed by atoms with van der Waals surface area (Å²) in [6.07, 6.45) is 6.92. The molecule has 0 unspecified atom stereocenters. The van der Waals surface area contributed by atoms with Crippen molar-refractivity contribution in [1.29, 1.82) is 0 Å². The van der Waals surface area contributed by atoms with Crippen molar-refractivity contribution in [1.82, 2.24) is 34.9 Å². The number of carbonyl (C=O) groups excluding carboxylic acids is 4. The standard InChI is InChI=1S/C24H18ClN3O3S.3C23H17ClN4O3S/c25-21-15-19(28-12-13-32(28,30)31)9-10-20(21)24(29)26-18-6-3-5-17(14-18)23-11-8-16-4-1-2-7-22(16)27-23;24-19-14-17(28-11-12-32(28,30)31)6-7-18(19)23(29)26-16-4-1-3-15(13-16)20-8-9-21-22(27-20)5-2-10-25-21;24-20-14-17(28-11-12-32(28,30)31)6-7-18(20)23(29)27-16-4-1-3-15(13-16)22-19-5-2-9-25-21(19)8-10-26-22;24-20-13-18(28-10-11-32(28,30)31)8-9-19(20)23(29)26-17-6-3-5-15(12-17)22-25-14-16-4-1-2-7-21(16)27-22/h1-11,14-15H,12-13H2,(H,26,29);1-10,13-14H,11-12H2,(H,26,29);1-10,13-14H,11-12H2,(H,27,29);1-9,12-14H,10-11H2,(H,26,29). The number of carbonyl (C=O) groups is 4. The van der Waals surface area contributed by atoms with Gasteiger partial charge in [0.15, 0.2) is 5.82 Å². The highest BCUT2D eigenvalue weighted by molar-refractivity contribution is 7.95. The monoisotopic (exact) mass is 1860 g/mol. The first-order valence-corrected chi connectivity index (χ1v) is 47.5. The summed E-state index contributed by atoms with van der Waals surface area (Å²) in [6.45, 7) is 1.65. The number of amides is 4. The lowest BCUT2D eigenvalue weighted by Crippen LogP contribution is -2.47. The van der Waals surface area contributed by atoms with E-state index in [1.54, 1.807) is 79.4 Å². The Morgan fingerprint density at radius 1 is 0.289 bits per heavy atom. The first-order chi connectivity index (χ1) is 61.6. The number of pyridine rings is 5. The summed E-state index contributed by atoms with van der Waals surface area (Å²) in [4.78, 5) is 82.7. The summed E-state index contributed by atoms with van der Waals surface area (Å²) in [6, 6.07) is 80.6. The van der Waals surface area contributed by atoms with Crippen LogP contribution in [0.1, 0.15) is 41.4 Å². The van der Waals surface area contributed by atoms with Crippen LogP contribution in [0, 0.1) is 0 Å². The molecule has 27 nitrogen and oxygen atoms in total. The second-order valence-corrected chi connectivity index (χ2v) is 39.1. The summed E-state index contributed by atoms with van der Waals surface area (Å²) in [5, 5.41) is 15.0. The summed E-state index contributed by atoms with van der Waals surface area (Å²) in [7, 11) is -13.0. The van der Waals surface area contributed by atoms with E-state index in [2.05, 4.69) is 51.2 Å². The van der Waals surface area contributed by atoms with Gasteiger partial charge in [0.1, 0.15) is 0 Å². The number of rotatable bonds is 16. The van der Waals surface area contributed by atoms with Crippen LogP contribution in [-0.4, -0.2) is 141 Å². The number of sulfonamides is 4. The SMILES string of the molecule is O=C(Nc1cccc(-c2ccc3ccccc3n2)c1)c1ccc(N2CCS2(=O)=O)cc1Cl.O=C(Nc1cccc(-c2ccc3ncccc3n2)c1)c1ccc(N2CCS2(=O)=O)cc1Cl.O=C(Nc1cccc(-c2ncc3ccccc3n2)c1)c1ccc(N2CCS2(=O)=O)cc1Cl.O=C(Nc1cccc(-c2nccc3ncccc23)c1)c1ccc(N2CCS2(=O)=O)cc1Cl. The molecular weight excluding hydrogens is 1790 g/mol. The smallest absolute Gasteiger partial charge is 0.257 e. The fourth-order valence-electron chi connectivity index (χ4n) is 14.3. The van der Waals surface area contributed by atoms with Crippen LogP contribution < -0.4 is 38.5 Å². The first-order valence-electron chi connectivity index (χ1n) is 39.5. The van der Waals surface area contributed by atoms with Crippen LogP contribution in [0.15, 0.2) is 298 Å². The number of nitrogens with zero attached hydrogens (tertiary/aromatic N) is 11. The van der Waals surface area contributed by atoms with Crippen molar-refractivity contribution in [2.45, 2.75) is 0 Å². The number of hydrogen-bond acceptors (Lipinski definition) is 19. The highest BCUT2D eigenvalue weighted by atomic mass is 35.5. The molecule has 10 heterocycles. The molecule has 16 aromatic rings. The summed E-state index contributed by atoms with van der Waals surface area (Å²) in [5.74, 6) is -0.534. The van der Waals surface area contributed by atoms with Gasteiger partial charge in [-0.3, -0.25) is 51.4 Å². The fourth-order valence-corrected chi connectivity index (χ4v) is 19.8. The molecule has 35 heteroatoms. The van der Waals surface area contributed by atoms with Gasteiger partial charge in [-0.1, -0.05) is 137 Å². The van der Waals surface area contributed by atoms with Crippen molar-refractivity contribution in [2.75, 3.05) is 87.7 Å². The molecule has 4 fully saturated rings. The van der Waals surface area contributed by atoms with Crippen LogP contribution in [0.2, 0.25) is 20.1 Å². The lowest BCUT2D eigenvalue weighted by molar-refractivity contribution is 0.101. The molecule has 0 aliphatic carbocycles. The van der Waals surface area contributed by atoms with Gasteiger partial charge in [0.2, 0.25) is 40.1 Å². The minimum absolute atomic E-state index is 0.115. The number of hydrogen-bond donors (Lipinski definition) is 4. The molecule has 0 bridgehead atoms. The topological polar surface area (TPSA) is 356 Å². The van der Waals surface area contributed by atoms with E-state index in [0.29, 0.717) is 77.5 Å². The summed E-state index contributed by atoms with van der Waals surface area (Å²) < 4.78 is 99.6. The third-order valence-corrected chi connectivity index (χ3v) is 29.5. The molecule has 0 atom stereocenters. The maximum absolute atomic E-state index is 12.8. The van der Waals surface area contributed by atoms with Gasteiger partial charge in [-0.15, -0.1) is 0 Å². The van der Waals surface area contributed by atoms with Crippen molar-refractivity contribution in [2.24, 2.45) is 0 Å². The van der Waals surface area contributed by atoms with Gasteiger partial charge in [0.25, 0.3) is 23.6 Å². The van der Waals surface area contributed by atoms with Gasteiger partial charge in [0.05, 0.1) is 133 Å². The third kappa shape index (κ3) is 18.8. The van der Waals surface area contributed by atoms with E-state index in [1.165, 1.54) is 65.8 Å². The third-order valence-electron chi connectivity index (χ3n) is 21.2. The van der Waals surface area contributed by atoms with Crippen LogP contribution >= 0.6 is 46.4 Å². The number of halogens is 4. The molecule has 4 amide bonds. The average Bonchev–Trinajstić information content (AvgIpc) is 0.784. The van der Waals surface area contributed by atoms with E-state index < -0.39 is 51.9 Å². The number of benzene rings is 10. The van der Waals surface area contributed by atoms with E-state index in [-0.39, 0.29) is 77.2 Å². The maximum Gasteiger partial charge on any atom is 0.257 e. The Kier molecular flexibility index (Phi) is 24.4. The van der Waals surface area contributed by atoms with Gasteiger partial charge in [0, 0.05) is 112 Å². The molecule has 6 aromatic heterocycles. The van der Waals surface area contributed by atoms with E-state index in [1.807, 2.05) is 170 Å². The zero-order chi connectivity index (χ0) is 89.2. The fraction of sp³-hybridized carbons (Fsp3) is 0.0860. The second kappa shape index (κ2) is 36.2. The summed E-state index contributed by atoms with van der Waals surface area (Å²) >= 11 is 25.2. The molecule has 10 aromatic carbocycles. The normalized spacial score (nSPS) is 14.7. The molecule has 0 radical (unpaired) electrons. The zero-order valence-corrected chi connectivity index (χ0v) is 73.2. The number of anilines is 8. The van der Waals surface area contributed by atoms with Crippen LogP contribution in [0.4, 0.5) is 45.5 Å². The Labute approximate surface area is 754 Å². The van der Waals surface area contributed by atoms with Crippen molar-refractivity contribution in [3.05, 3.63) is 340 Å². The van der Waals surface area contributed by atoms with Gasteiger partial charge in [-0.2, -0.15) is 0 Å². The molecule has 4 aliphatic rings. The summed E-state index contributed by atoms with van der Waals surface area (Å²) in [5.41, 5.74) is 15.0. The zero-order valence-electron chi connectivity index (χ0n) is 66.9. The Bertz CT molecular complexity index is 7140. The van der Waals surface area contributed by atoms with Crippen molar-refractivity contribution in [3.63, 3.8) is 0 Å². The lowest BCUT2D eigenvalue weighted by atomic mass is 10.1. The average molecular weight is 1860 g/mol. The van der Waals surface area contributed by atoms with Gasteiger partial charge >= 0.3 is 0 Å². The van der Waals surface area contributed by atoms with Gasteiger partial charge < -0.3 is 21.3 Å². The second-order valence-electron chi connectivity index (χ2n) is 29.5. The number of para-hydroxylation sites is 2. The van der Waals surface area contributed by atoms with Gasteiger partial charge in [-0.05, 0) is 182 Å².